The van der Waals surface area contributed by atoms with E-state index >= 15 is 0 Å². The van der Waals surface area contributed by atoms with Crippen LogP contribution in [0, 0.1) is 6.92 Å². The number of nitrogens with zero attached hydrogens (tertiary/aromatic N) is 3. The van der Waals surface area contributed by atoms with E-state index in [1.807, 2.05) is 19.3 Å². The van der Waals surface area contributed by atoms with Gasteiger partial charge in [-0.25, -0.2) is 4.98 Å². The standard InChI is InChI=1S/C17H25N3O/c1-14-18-9-11-20(14)13-16-12-15(6-5-10-19(2)3)7-8-17(16)21-4/h7-9,11-12H,5-6,10,13H2,1-4H3. The van der Waals surface area contributed by atoms with Gasteiger partial charge in [-0.1, -0.05) is 12.1 Å². The Morgan fingerprint density at radius 3 is 2.71 bits per heavy atom. The van der Waals surface area contributed by atoms with Crippen LogP contribution < -0.4 is 4.74 Å². The summed E-state index contributed by atoms with van der Waals surface area (Å²) in [5.74, 6) is 1.97. The molecule has 0 atom stereocenters. The number of ether oxygens (including phenoxy) is 1. The SMILES string of the molecule is COc1ccc(CCCN(C)C)cc1Cn1ccnc1C. The van der Waals surface area contributed by atoms with Gasteiger partial charge in [-0.05, 0) is 52.0 Å². The van der Waals surface area contributed by atoms with Crippen LogP contribution in [0.15, 0.2) is 30.6 Å². The maximum atomic E-state index is 5.49. The van der Waals surface area contributed by atoms with E-state index in [1.165, 1.54) is 17.5 Å². The first-order valence-electron chi connectivity index (χ1n) is 7.38. The molecule has 114 valence electrons. The van der Waals surface area contributed by atoms with Gasteiger partial charge in [-0.3, -0.25) is 0 Å². The van der Waals surface area contributed by atoms with Gasteiger partial charge in [0, 0.05) is 18.0 Å². The molecule has 4 nitrogen and oxygen atoms in total. The van der Waals surface area contributed by atoms with Crippen molar-refractivity contribution in [3.05, 3.63) is 47.5 Å². The Labute approximate surface area is 127 Å². The largest absolute Gasteiger partial charge is 0.496 e. The number of aryl methyl sites for hydroxylation is 2. The number of hydrogen-bond acceptors (Lipinski definition) is 3. The smallest absolute Gasteiger partial charge is 0.123 e. The Hall–Kier alpha value is -1.81. The molecule has 0 saturated heterocycles. The second kappa shape index (κ2) is 7.27. The third-order valence-electron chi connectivity index (χ3n) is 3.68. The van der Waals surface area contributed by atoms with Crippen molar-refractivity contribution in [3.8, 4) is 5.75 Å². The number of benzene rings is 1. The summed E-state index contributed by atoms with van der Waals surface area (Å²) < 4.78 is 7.63. The average molecular weight is 287 g/mol. The lowest BCUT2D eigenvalue weighted by atomic mass is 10.0. The summed E-state index contributed by atoms with van der Waals surface area (Å²) in [4.78, 5) is 6.50. The van der Waals surface area contributed by atoms with E-state index < -0.39 is 0 Å². The Balaban J connectivity index is 2.12. The maximum absolute atomic E-state index is 5.49. The molecule has 0 aliphatic carbocycles. The zero-order valence-corrected chi connectivity index (χ0v) is 13.5. The normalized spacial score (nSPS) is 11.1. The molecule has 0 aliphatic heterocycles. The van der Waals surface area contributed by atoms with E-state index in [9.17, 15) is 0 Å². The van der Waals surface area contributed by atoms with E-state index in [1.54, 1.807) is 7.11 Å². The van der Waals surface area contributed by atoms with Crippen molar-refractivity contribution in [3.63, 3.8) is 0 Å². The molecule has 0 amide bonds. The number of rotatable bonds is 7. The van der Waals surface area contributed by atoms with Crippen molar-refractivity contribution >= 4 is 0 Å². The van der Waals surface area contributed by atoms with Crippen LogP contribution in [0.2, 0.25) is 0 Å². The zero-order valence-electron chi connectivity index (χ0n) is 13.5. The lowest BCUT2D eigenvalue weighted by Crippen LogP contribution is -2.13. The Morgan fingerprint density at radius 1 is 1.29 bits per heavy atom. The number of hydrogen-bond donors (Lipinski definition) is 0. The molecule has 1 aromatic heterocycles. The summed E-state index contributed by atoms with van der Waals surface area (Å²) in [6.45, 7) is 3.94. The van der Waals surface area contributed by atoms with Crippen molar-refractivity contribution < 1.29 is 4.74 Å². The minimum absolute atomic E-state index is 0.802. The lowest BCUT2D eigenvalue weighted by molar-refractivity contribution is 0.399. The highest BCUT2D eigenvalue weighted by atomic mass is 16.5. The average Bonchev–Trinajstić information content (AvgIpc) is 2.84. The monoisotopic (exact) mass is 287 g/mol. The van der Waals surface area contributed by atoms with Gasteiger partial charge in [0.05, 0.1) is 13.7 Å². The lowest BCUT2D eigenvalue weighted by Gasteiger charge is -2.13. The Morgan fingerprint density at radius 2 is 2.10 bits per heavy atom. The van der Waals surface area contributed by atoms with Crippen LogP contribution in [-0.2, 0) is 13.0 Å². The van der Waals surface area contributed by atoms with Crippen LogP contribution in [0.3, 0.4) is 0 Å². The van der Waals surface area contributed by atoms with Crippen LogP contribution in [0.1, 0.15) is 23.4 Å². The van der Waals surface area contributed by atoms with Gasteiger partial charge in [0.25, 0.3) is 0 Å². The summed E-state index contributed by atoms with van der Waals surface area (Å²) in [5.41, 5.74) is 2.58. The van der Waals surface area contributed by atoms with E-state index in [0.717, 1.165) is 31.1 Å². The van der Waals surface area contributed by atoms with Gasteiger partial charge in [-0.2, -0.15) is 0 Å². The fourth-order valence-corrected chi connectivity index (χ4v) is 2.46. The first-order valence-corrected chi connectivity index (χ1v) is 7.38. The molecule has 0 bridgehead atoms. The predicted molar refractivity (Wildman–Crippen MR) is 85.9 cm³/mol. The third kappa shape index (κ3) is 4.33. The zero-order chi connectivity index (χ0) is 15.2. The van der Waals surface area contributed by atoms with Crippen LogP contribution in [0.5, 0.6) is 5.75 Å². The first-order chi connectivity index (χ1) is 10.1. The van der Waals surface area contributed by atoms with Crippen LogP contribution >= 0.6 is 0 Å². The van der Waals surface area contributed by atoms with E-state index in [0.29, 0.717) is 0 Å². The van der Waals surface area contributed by atoms with E-state index in [2.05, 4.69) is 46.7 Å². The third-order valence-corrected chi connectivity index (χ3v) is 3.68. The quantitative estimate of drug-likeness (QED) is 0.784. The second-order valence-corrected chi connectivity index (χ2v) is 5.66. The van der Waals surface area contributed by atoms with Crippen molar-refractivity contribution in [2.24, 2.45) is 0 Å². The summed E-state index contributed by atoms with van der Waals surface area (Å²) >= 11 is 0. The second-order valence-electron chi connectivity index (χ2n) is 5.66. The topological polar surface area (TPSA) is 30.3 Å². The maximum Gasteiger partial charge on any atom is 0.123 e. The molecule has 2 rings (SSSR count). The number of imidazole rings is 1. The molecule has 0 saturated carbocycles. The van der Waals surface area contributed by atoms with E-state index in [-0.39, 0.29) is 0 Å². The fraction of sp³-hybridized carbons (Fsp3) is 0.471. The Kier molecular flexibility index (Phi) is 5.39. The molecule has 2 aromatic rings. The minimum Gasteiger partial charge on any atom is -0.496 e. The van der Waals surface area contributed by atoms with Gasteiger partial charge < -0.3 is 14.2 Å². The molecular weight excluding hydrogens is 262 g/mol. The highest BCUT2D eigenvalue weighted by molar-refractivity contribution is 5.37. The molecule has 0 radical (unpaired) electrons. The molecule has 21 heavy (non-hydrogen) atoms. The predicted octanol–water partition coefficient (Wildman–Crippen LogP) is 2.74. The molecule has 1 aromatic carbocycles. The summed E-state index contributed by atoms with van der Waals surface area (Å²) in [6, 6.07) is 6.50. The molecule has 4 heteroatoms. The van der Waals surface area contributed by atoms with Crippen LogP contribution in [0.25, 0.3) is 0 Å². The van der Waals surface area contributed by atoms with E-state index in [4.69, 9.17) is 4.74 Å². The molecule has 1 heterocycles. The Bertz CT molecular complexity index is 575. The summed E-state index contributed by atoms with van der Waals surface area (Å²) in [5, 5.41) is 0. The highest BCUT2D eigenvalue weighted by Gasteiger charge is 2.07. The van der Waals surface area contributed by atoms with Crippen LogP contribution in [0.4, 0.5) is 0 Å². The highest BCUT2D eigenvalue weighted by Crippen LogP contribution is 2.22. The fourth-order valence-electron chi connectivity index (χ4n) is 2.46. The van der Waals surface area contributed by atoms with Gasteiger partial charge in [-0.15, -0.1) is 0 Å². The van der Waals surface area contributed by atoms with Crippen molar-refractivity contribution in [1.29, 1.82) is 0 Å². The summed E-state index contributed by atoms with van der Waals surface area (Å²) in [7, 11) is 5.95. The molecule has 0 fully saturated rings. The summed E-state index contributed by atoms with van der Waals surface area (Å²) in [6.07, 6.45) is 6.11. The van der Waals surface area contributed by atoms with Crippen molar-refractivity contribution in [1.82, 2.24) is 14.5 Å². The minimum atomic E-state index is 0.802. The molecule has 0 spiro atoms. The molecular formula is C17H25N3O. The number of methoxy groups -OCH3 is 1. The molecule has 0 unspecified atom stereocenters. The van der Waals surface area contributed by atoms with Gasteiger partial charge >= 0.3 is 0 Å². The van der Waals surface area contributed by atoms with Crippen LogP contribution in [-0.4, -0.2) is 42.2 Å². The van der Waals surface area contributed by atoms with Gasteiger partial charge in [0.15, 0.2) is 0 Å². The first kappa shape index (κ1) is 15.6. The molecule has 0 N–H and O–H groups in total. The number of aromatic nitrogens is 2. The van der Waals surface area contributed by atoms with Gasteiger partial charge in [0.2, 0.25) is 0 Å². The molecule has 0 aliphatic rings. The van der Waals surface area contributed by atoms with Crippen molar-refractivity contribution in [2.45, 2.75) is 26.3 Å². The van der Waals surface area contributed by atoms with Gasteiger partial charge in [0.1, 0.15) is 11.6 Å². The van der Waals surface area contributed by atoms with Crippen molar-refractivity contribution in [2.75, 3.05) is 27.7 Å².